The third-order valence-electron chi connectivity index (χ3n) is 3.51. The summed E-state index contributed by atoms with van der Waals surface area (Å²) in [7, 11) is 2.01. The maximum absolute atomic E-state index is 5.34. The van der Waals surface area contributed by atoms with Crippen molar-refractivity contribution >= 4 is 5.96 Å². The molecule has 1 aromatic heterocycles. The first-order valence-electron chi connectivity index (χ1n) is 8.31. The molecule has 1 heterocycles. The second-order valence-electron chi connectivity index (χ2n) is 5.02. The van der Waals surface area contributed by atoms with Crippen molar-refractivity contribution in [1.29, 1.82) is 0 Å². The molecule has 0 aliphatic heterocycles. The van der Waals surface area contributed by atoms with E-state index in [1.807, 2.05) is 18.7 Å². The van der Waals surface area contributed by atoms with Crippen molar-refractivity contribution in [2.75, 3.05) is 26.3 Å². The average molecular weight is 309 g/mol. The van der Waals surface area contributed by atoms with E-state index < -0.39 is 0 Å². The zero-order chi connectivity index (χ0) is 16.4. The minimum absolute atomic E-state index is 0.657. The molecule has 0 aliphatic rings. The van der Waals surface area contributed by atoms with Gasteiger partial charge >= 0.3 is 0 Å². The molecule has 6 heteroatoms. The van der Waals surface area contributed by atoms with Crippen molar-refractivity contribution in [3.63, 3.8) is 0 Å². The summed E-state index contributed by atoms with van der Waals surface area (Å²) in [6, 6.07) is 0. The fourth-order valence-corrected chi connectivity index (χ4v) is 2.46. The van der Waals surface area contributed by atoms with Crippen LogP contribution in [0.2, 0.25) is 0 Å². The minimum Gasteiger partial charge on any atom is -0.380 e. The molecule has 0 bridgehead atoms. The summed E-state index contributed by atoms with van der Waals surface area (Å²) in [6.45, 7) is 12.1. The van der Waals surface area contributed by atoms with Gasteiger partial charge in [-0.3, -0.25) is 4.68 Å². The Kier molecular flexibility index (Phi) is 8.58. The Morgan fingerprint density at radius 1 is 1.18 bits per heavy atom. The number of ether oxygens (including phenoxy) is 1. The van der Waals surface area contributed by atoms with Gasteiger partial charge in [0.2, 0.25) is 0 Å². The summed E-state index contributed by atoms with van der Waals surface area (Å²) in [5.74, 6) is 0.829. The van der Waals surface area contributed by atoms with Gasteiger partial charge in [-0.05, 0) is 26.7 Å². The molecule has 0 aliphatic carbocycles. The van der Waals surface area contributed by atoms with Gasteiger partial charge < -0.3 is 15.4 Å². The van der Waals surface area contributed by atoms with Crippen LogP contribution in [0.15, 0.2) is 4.99 Å². The van der Waals surface area contributed by atoms with Crippen molar-refractivity contribution in [3.8, 4) is 0 Å². The van der Waals surface area contributed by atoms with E-state index in [0.717, 1.165) is 44.2 Å². The Labute approximate surface area is 134 Å². The maximum Gasteiger partial charge on any atom is 0.191 e. The Hall–Kier alpha value is -1.56. The van der Waals surface area contributed by atoms with Gasteiger partial charge in [0.25, 0.3) is 0 Å². The molecule has 0 radical (unpaired) electrons. The van der Waals surface area contributed by atoms with Gasteiger partial charge in [0.15, 0.2) is 5.96 Å². The van der Waals surface area contributed by atoms with Gasteiger partial charge in [-0.2, -0.15) is 5.10 Å². The van der Waals surface area contributed by atoms with Gasteiger partial charge in [0.05, 0.1) is 18.8 Å². The molecule has 0 amide bonds. The molecule has 0 saturated carbocycles. The quantitative estimate of drug-likeness (QED) is 0.413. The number of nitrogens with zero attached hydrogens (tertiary/aromatic N) is 3. The molecular formula is C16H31N5O. The number of hydrogen-bond donors (Lipinski definition) is 2. The second kappa shape index (κ2) is 10.2. The van der Waals surface area contributed by atoms with E-state index in [-0.39, 0.29) is 0 Å². The Morgan fingerprint density at radius 2 is 1.95 bits per heavy atom. The molecule has 2 N–H and O–H groups in total. The molecule has 0 aromatic carbocycles. The Balaban J connectivity index is 2.76. The van der Waals surface area contributed by atoms with E-state index in [4.69, 9.17) is 9.73 Å². The van der Waals surface area contributed by atoms with Crippen molar-refractivity contribution in [2.45, 2.75) is 47.1 Å². The van der Waals surface area contributed by atoms with Crippen LogP contribution < -0.4 is 10.6 Å². The third-order valence-corrected chi connectivity index (χ3v) is 3.51. The van der Waals surface area contributed by atoms with E-state index in [9.17, 15) is 0 Å². The molecule has 0 saturated heterocycles. The molecule has 1 rings (SSSR count). The van der Waals surface area contributed by atoms with Gasteiger partial charge in [-0.15, -0.1) is 0 Å². The van der Waals surface area contributed by atoms with Crippen LogP contribution in [0, 0.1) is 0 Å². The highest BCUT2D eigenvalue weighted by Gasteiger charge is 2.13. The fourth-order valence-electron chi connectivity index (χ4n) is 2.46. The van der Waals surface area contributed by atoms with E-state index in [1.165, 1.54) is 11.3 Å². The molecule has 0 atom stereocenters. The minimum atomic E-state index is 0.657. The summed E-state index contributed by atoms with van der Waals surface area (Å²) in [4.78, 5) is 4.70. The van der Waals surface area contributed by atoms with Gasteiger partial charge in [0.1, 0.15) is 0 Å². The highest BCUT2D eigenvalue weighted by atomic mass is 16.5. The predicted octanol–water partition coefficient (Wildman–Crippen LogP) is 1.64. The molecule has 1 aromatic rings. The molecule has 0 spiro atoms. The average Bonchev–Trinajstić information content (AvgIpc) is 2.83. The van der Waals surface area contributed by atoms with Crippen LogP contribution >= 0.6 is 0 Å². The summed E-state index contributed by atoms with van der Waals surface area (Å²) in [5, 5.41) is 11.2. The first-order chi connectivity index (χ1) is 10.7. The molecule has 126 valence electrons. The highest BCUT2D eigenvalue weighted by Crippen LogP contribution is 2.16. The zero-order valence-electron chi connectivity index (χ0n) is 14.7. The number of rotatable bonds is 9. The zero-order valence-corrected chi connectivity index (χ0v) is 14.7. The monoisotopic (exact) mass is 309 g/mol. The first-order valence-corrected chi connectivity index (χ1v) is 8.31. The third kappa shape index (κ3) is 5.33. The van der Waals surface area contributed by atoms with Gasteiger partial charge in [-0.1, -0.05) is 13.8 Å². The van der Waals surface area contributed by atoms with Crippen LogP contribution in [0.5, 0.6) is 0 Å². The number of nitrogens with one attached hydrogen (secondary N) is 2. The summed E-state index contributed by atoms with van der Waals surface area (Å²) < 4.78 is 7.33. The number of aliphatic imine (C=N–C) groups is 1. The lowest BCUT2D eigenvalue weighted by atomic mass is 10.1. The van der Waals surface area contributed by atoms with Crippen LogP contribution in [0.4, 0.5) is 0 Å². The van der Waals surface area contributed by atoms with E-state index in [1.54, 1.807) is 0 Å². The summed E-state index contributed by atoms with van der Waals surface area (Å²) >= 11 is 0. The number of hydrogen-bond acceptors (Lipinski definition) is 3. The molecule has 22 heavy (non-hydrogen) atoms. The van der Waals surface area contributed by atoms with Crippen molar-refractivity contribution in [1.82, 2.24) is 20.4 Å². The topological polar surface area (TPSA) is 63.5 Å². The molecule has 0 fully saturated rings. The second-order valence-corrected chi connectivity index (χ2v) is 5.02. The van der Waals surface area contributed by atoms with Crippen LogP contribution in [0.25, 0.3) is 0 Å². The fraction of sp³-hybridized carbons (Fsp3) is 0.750. The normalized spacial score (nSPS) is 11.8. The SMILES string of the molecule is CCNC(=NCc1c(CC)nn(C)c1CC)NCCOCC. The van der Waals surface area contributed by atoms with Crippen LogP contribution in [-0.4, -0.2) is 42.0 Å². The predicted molar refractivity (Wildman–Crippen MR) is 91.3 cm³/mol. The van der Waals surface area contributed by atoms with Crippen molar-refractivity contribution in [2.24, 2.45) is 12.0 Å². The van der Waals surface area contributed by atoms with E-state index in [2.05, 4.69) is 36.5 Å². The largest absolute Gasteiger partial charge is 0.380 e. The van der Waals surface area contributed by atoms with Crippen molar-refractivity contribution < 1.29 is 4.74 Å². The number of guanidine groups is 1. The Bertz CT molecular complexity index is 467. The van der Waals surface area contributed by atoms with E-state index in [0.29, 0.717) is 13.2 Å². The van der Waals surface area contributed by atoms with Crippen LogP contribution in [0.3, 0.4) is 0 Å². The number of aromatic nitrogens is 2. The highest BCUT2D eigenvalue weighted by molar-refractivity contribution is 5.79. The standard InChI is InChI=1S/C16H31N5O/c1-6-14-13(15(7-2)21(5)20-14)12-19-16(17-8-3)18-10-11-22-9-4/h6-12H2,1-5H3,(H2,17,18,19). The summed E-state index contributed by atoms with van der Waals surface area (Å²) in [6.07, 6.45) is 1.91. The van der Waals surface area contributed by atoms with Gasteiger partial charge in [0, 0.05) is 38.0 Å². The lowest BCUT2D eigenvalue weighted by molar-refractivity contribution is 0.152. The number of aryl methyl sites for hydroxylation is 2. The lowest BCUT2D eigenvalue weighted by Crippen LogP contribution is -2.39. The van der Waals surface area contributed by atoms with Gasteiger partial charge in [-0.25, -0.2) is 4.99 Å². The summed E-state index contributed by atoms with van der Waals surface area (Å²) in [5.41, 5.74) is 3.67. The molecule has 6 nitrogen and oxygen atoms in total. The Morgan fingerprint density at radius 3 is 2.55 bits per heavy atom. The van der Waals surface area contributed by atoms with Crippen molar-refractivity contribution in [3.05, 3.63) is 17.0 Å². The smallest absolute Gasteiger partial charge is 0.191 e. The van der Waals surface area contributed by atoms with E-state index >= 15 is 0 Å². The van der Waals surface area contributed by atoms with Crippen LogP contribution in [0.1, 0.15) is 44.6 Å². The first kappa shape index (κ1) is 18.5. The maximum atomic E-state index is 5.34. The molecule has 0 unspecified atom stereocenters. The van der Waals surface area contributed by atoms with Crippen LogP contribution in [-0.2, 0) is 31.2 Å². The molecular weight excluding hydrogens is 278 g/mol. The lowest BCUT2D eigenvalue weighted by Gasteiger charge is -2.11.